The molecular weight excluding hydrogens is 241 g/mol. The van der Waals surface area contributed by atoms with E-state index in [2.05, 4.69) is 4.98 Å². The van der Waals surface area contributed by atoms with Gasteiger partial charge in [-0.25, -0.2) is 4.98 Å². The second-order valence-electron chi connectivity index (χ2n) is 3.14. The second-order valence-corrected chi connectivity index (χ2v) is 4.18. The van der Waals surface area contributed by atoms with Crippen LogP contribution in [0.15, 0.2) is 23.4 Å². The molecule has 3 nitrogen and oxygen atoms in total. The minimum absolute atomic E-state index is 0.159. The van der Waals surface area contributed by atoms with Crippen molar-refractivity contribution in [3.05, 3.63) is 23.9 Å². The largest absolute Gasteiger partial charge is 0.417 e. The van der Waals surface area contributed by atoms with Crippen LogP contribution in [0.3, 0.4) is 0 Å². The van der Waals surface area contributed by atoms with Crippen LogP contribution >= 0.6 is 11.8 Å². The van der Waals surface area contributed by atoms with Gasteiger partial charge in [-0.15, -0.1) is 11.8 Å². The van der Waals surface area contributed by atoms with E-state index < -0.39 is 17.8 Å². The van der Waals surface area contributed by atoms with Crippen LogP contribution in [0.4, 0.5) is 13.2 Å². The van der Waals surface area contributed by atoms with Gasteiger partial charge in [-0.1, -0.05) is 0 Å². The molecule has 1 rings (SSSR count). The first-order chi connectivity index (χ1) is 7.43. The highest BCUT2D eigenvalue weighted by Gasteiger charge is 2.30. The van der Waals surface area contributed by atoms with Crippen LogP contribution in [-0.2, 0) is 6.18 Å². The fourth-order valence-electron chi connectivity index (χ4n) is 0.878. The molecule has 0 aliphatic carbocycles. The van der Waals surface area contributed by atoms with Crippen molar-refractivity contribution in [2.45, 2.75) is 17.2 Å². The predicted octanol–water partition coefficient (Wildman–Crippen LogP) is 1.51. The summed E-state index contributed by atoms with van der Waals surface area (Å²) in [6.45, 7) is -0.159. The molecule has 0 bridgehead atoms. The van der Waals surface area contributed by atoms with Crippen LogP contribution in [-0.4, -0.2) is 28.5 Å². The lowest BCUT2D eigenvalue weighted by molar-refractivity contribution is -0.137. The van der Waals surface area contributed by atoms with Crippen LogP contribution < -0.4 is 5.73 Å². The summed E-state index contributed by atoms with van der Waals surface area (Å²) in [4.78, 5) is 3.66. The molecule has 3 N–H and O–H groups in total. The number of nitrogens with two attached hydrogens (primary N) is 1. The number of alkyl halides is 3. The molecule has 0 amide bonds. The van der Waals surface area contributed by atoms with E-state index in [1.54, 1.807) is 0 Å². The number of aromatic nitrogens is 1. The van der Waals surface area contributed by atoms with Gasteiger partial charge in [0.05, 0.1) is 17.2 Å². The Morgan fingerprint density at radius 3 is 2.56 bits per heavy atom. The number of nitrogens with zero attached hydrogens (tertiary/aromatic N) is 1. The minimum atomic E-state index is -4.36. The Labute approximate surface area is 94.9 Å². The van der Waals surface area contributed by atoms with Crippen molar-refractivity contribution in [2.75, 3.05) is 12.4 Å². The van der Waals surface area contributed by atoms with Crippen LogP contribution in [0, 0.1) is 0 Å². The molecule has 1 atom stereocenters. The van der Waals surface area contributed by atoms with Crippen LogP contribution in [0.5, 0.6) is 0 Å². The van der Waals surface area contributed by atoms with E-state index in [1.165, 1.54) is 17.8 Å². The number of halogens is 3. The SMILES string of the molecule is NC(CO)CSc1ccc(C(F)(F)F)cn1. The van der Waals surface area contributed by atoms with Gasteiger partial charge in [0.1, 0.15) is 0 Å². The summed E-state index contributed by atoms with van der Waals surface area (Å²) in [5, 5.41) is 9.11. The zero-order valence-electron chi connectivity index (χ0n) is 8.24. The third-order valence-electron chi connectivity index (χ3n) is 1.74. The van der Waals surface area contributed by atoms with Crippen molar-refractivity contribution in [1.29, 1.82) is 0 Å². The van der Waals surface area contributed by atoms with E-state index in [0.717, 1.165) is 12.3 Å². The van der Waals surface area contributed by atoms with Crippen LogP contribution in [0.1, 0.15) is 5.56 Å². The third-order valence-corrected chi connectivity index (χ3v) is 2.88. The van der Waals surface area contributed by atoms with Crippen molar-refractivity contribution in [3.8, 4) is 0 Å². The first kappa shape index (κ1) is 13.3. The maximum Gasteiger partial charge on any atom is 0.417 e. The van der Waals surface area contributed by atoms with E-state index in [9.17, 15) is 13.2 Å². The lowest BCUT2D eigenvalue weighted by Crippen LogP contribution is -2.26. The molecule has 0 fully saturated rings. The Hall–Kier alpha value is -0.790. The van der Waals surface area contributed by atoms with Gasteiger partial charge >= 0.3 is 6.18 Å². The molecule has 1 unspecified atom stereocenters. The molecule has 0 saturated heterocycles. The van der Waals surface area contributed by atoms with Gasteiger partial charge in [0.15, 0.2) is 0 Å². The lowest BCUT2D eigenvalue weighted by Gasteiger charge is -2.08. The maximum absolute atomic E-state index is 12.2. The summed E-state index contributed by atoms with van der Waals surface area (Å²) >= 11 is 1.21. The quantitative estimate of drug-likeness (QED) is 0.797. The summed E-state index contributed by atoms with van der Waals surface area (Å²) in [5.41, 5.74) is 4.67. The molecule has 7 heteroatoms. The van der Waals surface area contributed by atoms with Crippen LogP contribution in [0.25, 0.3) is 0 Å². The van der Waals surface area contributed by atoms with Gasteiger partial charge < -0.3 is 10.8 Å². The smallest absolute Gasteiger partial charge is 0.395 e. The summed E-state index contributed by atoms with van der Waals surface area (Å²) in [6, 6.07) is 1.87. The molecule has 0 aliphatic heterocycles. The highest BCUT2D eigenvalue weighted by atomic mass is 32.2. The molecule has 0 radical (unpaired) electrons. The van der Waals surface area contributed by atoms with Gasteiger partial charge in [-0.3, -0.25) is 0 Å². The van der Waals surface area contributed by atoms with Gasteiger partial charge in [-0.2, -0.15) is 13.2 Å². The summed E-state index contributed by atoms with van der Waals surface area (Å²) in [6.07, 6.45) is -3.58. The number of hydrogen-bond donors (Lipinski definition) is 2. The van der Waals surface area contributed by atoms with Crippen molar-refractivity contribution < 1.29 is 18.3 Å². The average Bonchev–Trinajstić information content (AvgIpc) is 2.25. The first-order valence-corrected chi connectivity index (χ1v) is 5.44. The van der Waals surface area contributed by atoms with Crippen molar-refractivity contribution >= 4 is 11.8 Å². The molecule has 0 saturated carbocycles. The van der Waals surface area contributed by atoms with Crippen molar-refractivity contribution in [3.63, 3.8) is 0 Å². The standard InChI is InChI=1S/C9H11F3N2OS/c10-9(11,12)6-1-2-8(14-3-6)16-5-7(13)4-15/h1-3,7,15H,4-5,13H2. The van der Waals surface area contributed by atoms with Gasteiger partial charge in [-0.05, 0) is 12.1 Å². The number of thioether (sulfide) groups is 1. The number of aliphatic hydroxyl groups is 1. The molecule has 0 aromatic carbocycles. The fraction of sp³-hybridized carbons (Fsp3) is 0.444. The normalized spacial score (nSPS) is 13.8. The molecular formula is C9H11F3N2OS. The van der Waals surface area contributed by atoms with Gasteiger partial charge in [0, 0.05) is 18.0 Å². The Balaban J connectivity index is 2.58. The number of pyridine rings is 1. The molecule has 1 aromatic heterocycles. The van der Waals surface area contributed by atoms with Crippen molar-refractivity contribution in [1.82, 2.24) is 4.98 Å². The van der Waals surface area contributed by atoms with Gasteiger partial charge in [0.25, 0.3) is 0 Å². The van der Waals surface area contributed by atoms with E-state index >= 15 is 0 Å². The zero-order valence-corrected chi connectivity index (χ0v) is 9.05. The lowest BCUT2D eigenvalue weighted by atomic mass is 10.3. The fourth-order valence-corrected chi connectivity index (χ4v) is 1.66. The Kier molecular flexibility index (Phi) is 4.57. The molecule has 1 heterocycles. The zero-order chi connectivity index (χ0) is 12.2. The molecule has 16 heavy (non-hydrogen) atoms. The monoisotopic (exact) mass is 252 g/mol. The summed E-state index contributed by atoms with van der Waals surface area (Å²) in [7, 11) is 0. The Morgan fingerprint density at radius 2 is 2.12 bits per heavy atom. The second kappa shape index (κ2) is 5.51. The first-order valence-electron chi connectivity index (χ1n) is 4.46. The predicted molar refractivity (Wildman–Crippen MR) is 55.0 cm³/mol. The molecule has 1 aromatic rings. The van der Waals surface area contributed by atoms with E-state index in [1.807, 2.05) is 0 Å². The topological polar surface area (TPSA) is 59.1 Å². The third kappa shape index (κ3) is 3.99. The average molecular weight is 252 g/mol. The maximum atomic E-state index is 12.2. The van der Waals surface area contributed by atoms with E-state index in [-0.39, 0.29) is 6.61 Å². The number of hydrogen-bond acceptors (Lipinski definition) is 4. The molecule has 90 valence electrons. The van der Waals surface area contributed by atoms with Gasteiger partial charge in [0.2, 0.25) is 0 Å². The molecule has 0 aliphatic rings. The van der Waals surface area contributed by atoms with Crippen molar-refractivity contribution in [2.24, 2.45) is 5.73 Å². The van der Waals surface area contributed by atoms with Crippen LogP contribution in [0.2, 0.25) is 0 Å². The summed E-state index contributed by atoms with van der Waals surface area (Å²) < 4.78 is 36.6. The van der Waals surface area contributed by atoms with E-state index in [0.29, 0.717) is 10.8 Å². The highest BCUT2D eigenvalue weighted by molar-refractivity contribution is 7.99. The number of aliphatic hydroxyl groups excluding tert-OH is 1. The Bertz CT molecular complexity index is 329. The Morgan fingerprint density at radius 1 is 1.44 bits per heavy atom. The molecule has 0 spiro atoms. The highest BCUT2D eigenvalue weighted by Crippen LogP contribution is 2.29. The summed E-state index contributed by atoms with van der Waals surface area (Å²) in [5.74, 6) is 0.412. The minimum Gasteiger partial charge on any atom is -0.395 e. The van der Waals surface area contributed by atoms with E-state index in [4.69, 9.17) is 10.8 Å². The number of rotatable bonds is 4.